The zero-order valence-corrected chi connectivity index (χ0v) is 9.99. The van der Waals surface area contributed by atoms with E-state index in [-0.39, 0.29) is 0 Å². The van der Waals surface area contributed by atoms with Gasteiger partial charge in [-0.25, -0.2) is 0 Å². The highest BCUT2D eigenvalue weighted by Crippen LogP contribution is 2.46. The molecule has 0 amide bonds. The van der Waals surface area contributed by atoms with Gasteiger partial charge in [0.2, 0.25) is 11.5 Å². The first kappa shape index (κ1) is 12.2. The van der Waals surface area contributed by atoms with Crippen LogP contribution in [0.15, 0.2) is 12.6 Å². The van der Waals surface area contributed by atoms with E-state index in [4.69, 9.17) is 18.9 Å². The molecule has 88 valence electrons. The van der Waals surface area contributed by atoms with Crippen molar-refractivity contribution >= 4 is 6.08 Å². The minimum Gasteiger partial charge on any atom is -0.493 e. The molecule has 1 aromatic carbocycles. The Morgan fingerprint density at radius 2 is 1.44 bits per heavy atom. The van der Waals surface area contributed by atoms with Gasteiger partial charge in [-0.05, 0) is 6.07 Å². The fraction of sp³-hybridized carbons (Fsp3) is 0.333. The minimum absolute atomic E-state index is 0.499. The molecule has 0 unspecified atom stereocenters. The topological polar surface area (TPSA) is 36.9 Å². The first-order valence-electron chi connectivity index (χ1n) is 4.72. The first-order valence-corrected chi connectivity index (χ1v) is 4.72. The molecule has 1 rings (SSSR count). The van der Waals surface area contributed by atoms with E-state index < -0.39 is 0 Å². The fourth-order valence-electron chi connectivity index (χ4n) is 1.51. The number of hydrogen-bond acceptors (Lipinski definition) is 4. The fourth-order valence-corrected chi connectivity index (χ4v) is 1.51. The summed E-state index contributed by atoms with van der Waals surface area (Å²) >= 11 is 0. The summed E-state index contributed by atoms with van der Waals surface area (Å²) < 4.78 is 21.0. The summed E-state index contributed by atoms with van der Waals surface area (Å²) in [6, 6.07) is 1.78. The second-order valence-electron chi connectivity index (χ2n) is 2.97. The van der Waals surface area contributed by atoms with Crippen molar-refractivity contribution in [3.8, 4) is 23.0 Å². The summed E-state index contributed by atoms with van der Waals surface area (Å²) in [5.74, 6) is 2.16. The molecule has 4 heteroatoms. The van der Waals surface area contributed by atoms with Crippen molar-refractivity contribution in [2.24, 2.45) is 0 Å². The van der Waals surface area contributed by atoms with Gasteiger partial charge in [-0.3, -0.25) is 0 Å². The van der Waals surface area contributed by atoms with E-state index in [1.54, 1.807) is 40.6 Å². The molecule has 0 radical (unpaired) electrons. The van der Waals surface area contributed by atoms with Crippen molar-refractivity contribution < 1.29 is 18.9 Å². The molecule has 0 aliphatic carbocycles. The lowest BCUT2D eigenvalue weighted by atomic mass is 10.1. The average Bonchev–Trinajstić information content (AvgIpc) is 2.35. The van der Waals surface area contributed by atoms with Crippen molar-refractivity contribution in [1.82, 2.24) is 0 Å². The second kappa shape index (κ2) is 5.30. The average molecular weight is 224 g/mol. The third kappa shape index (κ3) is 1.91. The Kier molecular flexibility index (Phi) is 4.05. The van der Waals surface area contributed by atoms with Crippen LogP contribution in [0, 0.1) is 0 Å². The van der Waals surface area contributed by atoms with Crippen LogP contribution in [-0.2, 0) is 0 Å². The van der Waals surface area contributed by atoms with Crippen LogP contribution in [0.3, 0.4) is 0 Å². The lowest BCUT2D eigenvalue weighted by molar-refractivity contribution is 0.305. The Hall–Kier alpha value is -1.84. The lowest BCUT2D eigenvalue weighted by Crippen LogP contribution is -1.99. The van der Waals surface area contributed by atoms with Crippen LogP contribution < -0.4 is 18.9 Å². The molecule has 0 bridgehead atoms. The second-order valence-corrected chi connectivity index (χ2v) is 2.97. The third-order valence-electron chi connectivity index (χ3n) is 2.24. The van der Waals surface area contributed by atoms with E-state index >= 15 is 0 Å². The van der Waals surface area contributed by atoms with E-state index in [2.05, 4.69) is 6.58 Å². The van der Waals surface area contributed by atoms with Crippen molar-refractivity contribution in [3.63, 3.8) is 0 Å². The highest BCUT2D eigenvalue weighted by atomic mass is 16.5. The summed E-state index contributed by atoms with van der Waals surface area (Å²) in [5, 5.41) is 0. The van der Waals surface area contributed by atoms with E-state index in [1.165, 1.54) is 0 Å². The molecule has 16 heavy (non-hydrogen) atoms. The van der Waals surface area contributed by atoms with Gasteiger partial charge in [-0.15, -0.1) is 0 Å². The molecule has 0 spiro atoms. The van der Waals surface area contributed by atoms with Crippen molar-refractivity contribution in [2.45, 2.75) is 0 Å². The Morgan fingerprint density at radius 1 is 0.875 bits per heavy atom. The lowest BCUT2D eigenvalue weighted by Gasteiger charge is -2.17. The molecule has 0 N–H and O–H groups in total. The quantitative estimate of drug-likeness (QED) is 0.769. The van der Waals surface area contributed by atoms with Gasteiger partial charge in [-0.2, -0.15) is 0 Å². The highest BCUT2D eigenvalue weighted by molar-refractivity contribution is 5.70. The largest absolute Gasteiger partial charge is 0.493 e. The molecule has 0 aliphatic rings. The third-order valence-corrected chi connectivity index (χ3v) is 2.24. The van der Waals surface area contributed by atoms with Gasteiger partial charge < -0.3 is 18.9 Å². The number of ether oxygens (including phenoxy) is 4. The van der Waals surface area contributed by atoms with Gasteiger partial charge in [-0.1, -0.05) is 12.7 Å². The van der Waals surface area contributed by atoms with Crippen molar-refractivity contribution in [2.75, 3.05) is 28.4 Å². The summed E-state index contributed by atoms with van der Waals surface area (Å²) in [4.78, 5) is 0. The predicted octanol–water partition coefficient (Wildman–Crippen LogP) is 2.36. The maximum absolute atomic E-state index is 5.27. The molecule has 0 heterocycles. The SMILES string of the molecule is C=Cc1cc(OC)c(OC)c(OC)c1OC. The maximum atomic E-state index is 5.27. The number of benzene rings is 1. The standard InChI is InChI=1S/C12H16O4/c1-6-8-7-9(13-2)11(15-4)12(16-5)10(8)14-3/h6-7H,1H2,2-5H3. The van der Waals surface area contributed by atoms with Gasteiger partial charge in [0.15, 0.2) is 11.5 Å². The molecule has 0 saturated carbocycles. The van der Waals surface area contributed by atoms with Crippen molar-refractivity contribution in [1.29, 1.82) is 0 Å². The Morgan fingerprint density at radius 3 is 1.81 bits per heavy atom. The zero-order valence-electron chi connectivity index (χ0n) is 9.99. The maximum Gasteiger partial charge on any atom is 0.207 e. The number of methoxy groups -OCH3 is 4. The molecule has 0 atom stereocenters. The Balaban J connectivity index is 3.54. The van der Waals surface area contributed by atoms with E-state index in [1.807, 2.05) is 0 Å². The predicted molar refractivity (Wildman–Crippen MR) is 62.7 cm³/mol. The summed E-state index contributed by atoms with van der Waals surface area (Å²) in [6.45, 7) is 3.71. The van der Waals surface area contributed by atoms with Gasteiger partial charge >= 0.3 is 0 Å². The van der Waals surface area contributed by atoms with Crippen LogP contribution in [0.1, 0.15) is 5.56 Å². The van der Waals surface area contributed by atoms with Crippen molar-refractivity contribution in [3.05, 3.63) is 18.2 Å². The number of hydrogen-bond donors (Lipinski definition) is 0. The van der Waals surface area contributed by atoms with E-state index in [9.17, 15) is 0 Å². The Labute approximate surface area is 95.4 Å². The highest BCUT2D eigenvalue weighted by Gasteiger charge is 2.19. The molecule has 0 aromatic heterocycles. The molecule has 0 saturated heterocycles. The zero-order chi connectivity index (χ0) is 12.1. The van der Waals surface area contributed by atoms with Crippen LogP contribution in [0.5, 0.6) is 23.0 Å². The minimum atomic E-state index is 0.499. The smallest absolute Gasteiger partial charge is 0.207 e. The molecule has 1 aromatic rings. The van der Waals surface area contributed by atoms with Crippen LogP contribution in [0.25, 0.3) is 6.08 Å². The first-order chi connectivity index (χ1) is 7.73. The van der Waals surface area contributed by atoms with Gasteiger partial charge in [0.25, 0.3) is 0 Å². The molecule has 0 aliphatic heterocycles. The van der Waals surface area contributed by atoms with Crippen LogP contribution >= 0.6 is 0 Å². The van der Waals surface area contributed by atoms with E-state index in [0.717, 1.165) is 5.56 Å². The molecular formula is C12H16O4. The van der Waals surface area contributed by atoms with Gasteiger partial charge in [0.05, 0.1) is 28.4 Å². The monoisotopic (exact) mass is 224 g/mol. The van der Waals surface area contributed by atoms with Crippen LogP contribution in [0.4, 0.5) is 0 Å². The van der Waals surface area contributed by atoms with Crippen LogP contribution in [-0.4, -0.2) is 28.4 Å². The van der Waals surface area contributed by atoms with Gasteiger partial charge in [0, 0.05) is 5.56 Å². The summed E-state index contributed by atoms with van der Waals surface area (Å²) in [6.07, 6.45) is 1.67. The summed E-state index contributed by atoms with van der Waals surface area (Å²) in [5.41, 5.74) is 0.789. The molecule has 0 fully saturated rings. The molecular weight excluding hydrogens is 208 g/mol. The summed E-state index contributed by atoms with van der Waals surface area (Å²) in [7, 11) is 6.23. The molecule has 4 nitrogen and oxygen atoms in total. The number of rotatable bonds is 5. The van der Waals surface area contributed by atoms with Gasteiger partial charge in [0.1, 0.15) is 0 Å². The van der Waals surface area contributed by atoms with Crippen LogP contribution in [0.2, 0.25) is 0 Å². The van der Waals surface area contributed by atoms with E-state index in [0.29, 0.717) is 23.0 Å². The normalized spacial score (nSPS) is 9.50. The Bertz CT molecular complexity index is 385.